The minimum atomic E-state index is -3.67. The molecule has 0 heterocycles. The normalized spacial score (nSPS) is 13.6. The fraction of sp³-hybridized carbons (Fsp3) is 1.00. The maximum absolute atomic E-state index is 9.19. The zero-order chi connectivity index (χ0) is 10.4. The van der Waals surface area contributed by atoms with Crippen molar-refractivity contribution < 1.29 is 23.2 Å². The SMILES string of the molecule is CC(C)C(O)CO.CS(=O)(=O)O. The maximum Gasteiger partial charge on any atom is 0.261 e. The highest BCUT2D eigenvalue weighted by Crippen LogP contribution is 1.97. The molecule has 0 aromatic carbocycles. The summed E-state index contributed by atoms with van der Waals surface area (Å²) >= 11 is 0. The van der Waals surface area contributed by atoms with E-state index in [1.165, 1.54) is 0 Å². The van der Waals surface area contributed by atoms with Gasteiger partial charge in [0.15, 0.2) is 0 Å². The quantitative estimate of drug-likeness (QED) is 0.522. The van der Waals surface area contributed by atoms with Gasteiger partial charge in [-0.05, 0) is 5.92 Å². The van der Waals surface area contributed by atoms with Gasteiger partial charge in [0, 0.05) is 0 Å². The molecular weight excluding hydrogens is 184 g/mol. The van der Waals surface area contributed by atoms with E-state index in [2.05, 4.69) is 0 Å². The Bertz CT molecular complexity index is 176. The van der Waals surface area contributed by atoms with Crippen molar-refractivity contribution >= 4 is 10.1 Å². The van der Waals surface area contributed by atoms with Gasteiger partial charge in [-0.15, -0.1) is 0 Å². The first-order chi connectivity index (χ1) is 5.18. The second-order valence-electron chi connectivity index (χ2n) is 2.73. The van der Waals surface area contributed by atoms with E-state index in [0.717, 1.165) is 0 Å². The van der Waals surface area contributed by atoms with Crippen LogP contribution < -0.4 is 0 Å². The lowest BCUT2D eigenvalue weighted by Gasteiger charge is -2.08. The van der Waals surface area contributed by atoms with Crippen LogP contribution in [0, 0.1) is 5.92 Å². The summed E-state index contributed by atoms with van der Waals surface area (Å²) in [5.41, 5.74) is 0. The van der Waals surface area contributed by atoms with Gasteiger partial charge in [-0.1, -0.05) is 13.8 Å². The van der Waals surface area contributed by atoms with Crippen LogP contribution in [-0.2, 0) is 10.1 Å². The molecule has 0 saturated heterocycles. The zero-order valence-corrected chi connectivity index (χ0v) is 8.24. The van der Waals surface area contributed by atoms with Crippen molar-refractivity contribution in [3.63, 3.8) is 0 Å². The summed E-state index contributed by atoms with van der Waals surface area (Å²) in [6.45, 7) is 3.60. The Balaban J connectivity index is 0. The largest absolute Gasteiger partial charge is 0.394 e. The summed E-state index contributed by atoms with van der Waals surface area (Å²) in [6, 6.07) is 0. The smallest absolute Gasteiger partial charge is 0.261 e. The third-order valence-electron chi connectivity index (χ3n) is 0.957. The first kappa shape index (κ1) is 14.4. The van der Waals surface area contributed by atoms with Gasteiger partial charge in [0.2, 0.25) is 0 Å². The second kappa shape index (κ2) is 6.36. The average Bonchev–Trinajstić information content (AvgIpc) is 1.82. The lowest BCUT2D eigenvalue weighted by Crippen LogP contribution is -2.18. The molecule has 0 rings (SSSR count). The standard InChI is InChI=1S/C5H12O2.CH4O3S/c1-4(2)5(7)3-6;1-5(2,3)4/h4-7H,3H2,1-2H3;1H3,(H,2,3,4). The highest BCUT2D eigenvalue weighted by Gasteiger charge is 2.04. The highest BCUT2D eigenvalue weighted by molar-refractivity contribution is 7.85. The average molecular weight is 200 g/mol. The first-order valence-corrected chi connectivity index (χ1v) is 5.24. The molecule has 0 fully saturated rings. The van der Waals surface area contributed by atoms with E-state index in [1.54, 1.807) is 0 Å². The van der Waals surface area contributed by atoms with E-state index in [9.17, 15) is 8.42 Å². The Morgan fingerprint density at radius 1 is 1.33 bits per heavy atom. The van der Waals surface area contributed by atoms with Crippen molar-refractivity contribution in [3.05, 3.63) is 0 Å². The maximum atomic E-state index is 9.19. The summed E-state index contributed by atoms with van der Waals surface area (Å²) in [5, 5.41) is 16.9. The lowest BCUT2D eigenvalue weighted by atomic mass is 10.1. The number of hydrogen-bond donors (Lipinski definition) is 3. The third-order valence-corrected chi connectivity index (χ3v) is 0.957. The Hall–Kier alpha value is -0.170. The van der Waals surface area contributed by atoms with Crippen LogP contribution in [0.3, 0.4) is 0 Å². The molecule has 76 valence electrons. The van der Waals surface area contributed by atoms with Crippen LogP contribution in [0.5, 0.6) is 0 Å². The van der Waals surface area contributed by atoms with Gasteiger partial charge < -0.3 is 10.2 Å². The van der Waals surface area contributed by atoms with E-state index in [1.807, 2.05) is 13.8 Å². The van der Waals surface area contributed by atoms with Gasteiger partial charge in [0.1, 0.15) is 0 Å². The molecule has 0 aromatic heterocycles. The number of aliphatic hydroxyl groups is 2. The van der Waals surface area contributed by atoms with Crippen LogP contribution in [0.25, 0.3) is 0 Å². The monoisotopic (exact) mass is 200 g/mol. The van der Waals surface area contributed by atoms with Gasteiger partial charge >= 0.3 is 0 Å². The van der Waals surface area contributed by atoms with Crippen molar-refractivity contribution in [2.75, 3.05) is 12.9 Å². The van der Waals surface area contributed by atoms with Gasteiger partial charge in [-0.2, -0.15) is 8.42 Å². The molecule has 12 heavy (non-hydrogen) atoms. The molecule has 0 aliphatic carbocycles. The molecule has 0 bridgehead atoms. The molecule has 5 nitrogen and oxygen atoms in total. The van der Waals surface area contributed by atoms with Crippen LogP contribution in [0.4, 0.5) is 0 Å². The molecule has 0 aliphatic rings. The first-order valence-electron chi connectivity index (χ1n) is 3.39. The topological polar surface area (TPSA) is 94.8 Å². The zero-order valence-electron chi connectivity index (χ0n) is 7.43. The Morgan fingerprint density at radius 3 is 1.58 bits per heavy atom. The minimum Gasteiger partial charge on any atom is -0.394 e. The van der Waals surface area contributed by atoms with Gasteiger partial charge in [-0.25, -0.2) is 0 Å². The van der Waals surface area contributed by atoms with Crippen molar-refractivity contribution in [2.24, 2.45) is 5.92 Å². The van der Waals surface area contributed by atoms with Gasteiger partial charge in [-0.3, -0.25) is 4.55 Å². The van der Waals surface area contributed by atoms with Crippen molar-refractivity contribution in [2.45, 2.75) is 20.0 Å². The van der Waals surface area contributed by atoms with E-state index in [0.29, 0.717) is 6.26 Å². The number of aliphatic hydroxyl groups excluding tert-OH is 2. The molecule has 1 atom stereocenters. The van der Waals surface area contributed by atoms with E-state index < -0.39 is 16.2 Å². The predicted molar refractivity (Wildman–Crippen MR) is 45.4 cm³/mol. The fourth-order valence-electron chi connectivity index (χ4n) is 0.211. The van der Waals surface area contributed by atoms with Crippen LogP contribution in [0.1, 0.15) is 13.8 Å². The van der Waals surface area contributed by atoms with E-state index >= 15 is 0 Å². The molecule has 0 amide bonds. The highest BCUT2D eigenvalue weighted by atomic mass is 32.2. The summed E-state index contributed by atoms with van der Waals surface area (Å²) in [6.07, 6.45) is 0.174. The molecule has 0 aromatic rings. The molecule has 6 heteroatoms. The fourth-order valence-corrected chi connectivity index (χ4v) is 0.211. The molecule has 0 spiro atoms. The van der Waals surface area contributed by atoms with Gasteiger partial charge in [0.25, 0.3) is 10.1 Å². The lowest BCUT2D eigenvalue weighted by molar-refractivity contribution is 0.0597. The van der Waals surface area contributed by atoms with Crippen molar-refractivity contribution in [3.8, 4) is 0 Å². The Kier molecular flexibility index (Phi) is 7.61. The van der Waals surface area contributed by atoms with E-state index in [-0.39, 0.29) is 12.5 Å². The minimum absolute atomic E-state index is 0.127. The summed E-state index contributed by atoms with van der Waals surface area (Å²) in [5.74, 6) is 0.171. The molecule has 3 N–H and O–H groups in total. The summed E-state index contributed by atoms with van der Waals surface area (Å²) < 4.78 is 25.9. The Labute approximate surface area is 72.8 Å². The summed E-state index contributed by atoms with van der Waals surface area (Å²) in [7, 11) is -3.67. The van der Waals surface area contributed by atoms with Crippen LogP contribution in [0.2, 0.25) is 0 Å². The number of hydrogen-bond acceptors (Lipinski definition) is 4. The summed E-state index contributed by atoms with van der Waals surface area (Å²) in [4.78, 5) is 0. The predicted octanol–water partition coefficient (Wildman–Crippen LogP) is -0.500. The van der Waals surface area contributed by atoms with Crippen LogP contribution in [-0.4, -0.2) is 42.2 Å². The van der Waals surface area contributed by atoms with Crippen LogP contribution in [0.15, 0.2) is 0 Å². The molecule has 0 aliphatic heterocycles. The van der Waals surface area contributed by atoms with Crippen molar-refractivity contribution in [1.82, 2.24) is 0 Å². The third kappa shape index (κ3) is 22.5. The van der Waals surface area contributed by atoms with E-state index in [4.69, 9.17) is 14.8 Å². The van der Waals surface area contributed by atoms with Gasteiger partial charge in [0.05, 0.1) is 19.0 Å². The molecular formula is C6H16O5S. The van der Waals surface area contributed by atoms with Crippen molar-refractivity contribution in [1.29, 1.82) is 0 Å². The number of rotatable bonds is 2. The molecule has 0 radical (unpaired) electrons. The van der Waals surface area contributed by atoms with Crippen LogP contribution >= 0.6 is 0 Å². The molecule has 0 saturated carbocycles. The Morgan fingerprint density at radius 2 is 1.58 bits per heavy atom. The molecule has 1 unspecified atom stereocenters. The second-order valence-corrected chi connectivity index (χ2v) is 4.19.